The predicted octanol–water partition coefficient (Wildman–Crippen LogP) is 4.31. The first-order valence-electron chi connectivity index (χ1n) is 16.5. The van der Waals surface area contributed by atoms with Crippen molar-refractivity contribution in [3.8, 4) is 5.75 Å². The summed E-state index contributed by atoms with van der Waals surface area (Å²) in [6, 6.07) is 20.4. The summed E-state index contributed by atoms with van der Waals surface area (Å²) in [6.07, 6.45) is -0.156. The second kappa shape index (κ2) is 16.1. The summed E-state index contributed by atoms with van der Waals surface area (Å²) >= 11 is 1.32. The molecule has 2 aliphatic rings. The maximum absolute atomic E-state index is 12.8. The number of phosphoric ester groups is 2. The highest BCUT2D eigenvalue weighted by Gasteiger charge is 2.54. The van der Waals surface area contributed by atoms with Crippen LogP contribution in [0.15, 0.2) is 84.3 Å². The lowest BCUT2D eigenvalue weighted by molar-refractivity contribution is -0.249. The molecule has 2 fully saturated rings. The van der Waals surface area contributed by atoms with E-state index in [9.17, 15) is 28.4 Å². The van der Waals surface area contributed by atoms with Crippen LogP contribution in [-0.2, 0) is 47.5 Å². The van der Waals surface area contributed by atoms with Gasteiger partial charge in [0.15, 0.2) is 34.7 Å². The highest BCUT2D eigenvalue weighted by atomic mass is 32.2. The molecule has 18 nitrogen and oxygen atoms in total. The molecule has 5 unspecified atom stereocenters. The van der Waals surface area contributed by atoms with Crippen LogP contribution in [-0.4, -0.2) is 63.5 Å². The fourth-order valence-corrected chi connectivity index (χ4v) is 9.75. The van der Waals surface area contributed by atoms with Crippen molar-refractivity contribution in [2.75, 3.05) is 24.7 Å². The Morgan fingerprint density at radius 2 is 1.59 bits per heavy atom. The smallest absolute Gasteiger partial charge is 0.326 e. The molecule has 3 aromatic carbocycles. The molecule has 1 N–H and O–H groups in total. The number of aromatic nitrogens is 4. The van der Waals surface area contributed by atoms with Crippen molar-refractivity contribution < 1.29 is 60.3 Å². The van der Waals surface area contributed by atoms with E-state index in [0.29, 0.717) is 40.5 Å². The Hall–Kier alpha value is -3.25. The second-order valence-electron chi connectivity index (χ2n) is 12.1. The van der Waals surface area contributed by atoms with Crippen LogP contribution < -0.4 is 24.5 Å². The van der Waals surface area contributed by atoms with Crippen LogP contribution in [0, 0.1) is 0 Å². The minimum absolute atomic E-state index is 0.282. The number of benzene rings is 3. The first-order chi connectivity index (χ1) is 25.8. The number of fused-ring (bicyclic) bond motifs is 3. The van der Waals surface area contributed by atoms with Gasteiger partial charge in [0.05, 0.1) is 12.9 Å². The number of imidazole rings is 1. The van der Waals surface area contributed by atoms with E-state index in [2.05, 4.69) is 28.9 Å². The standard InChI is InChI=1S/C32H36N5O13P3S/c1-3-15-33-29-26-30(36-32(35-29)54-2)37(19-34-26)31-28-27(46-25(47-28)16-20-9-5-4-6-10-20)24(45-31)18-44-51(38,39)49-53(42,43)50-52(40,41)48-23-14-13-21-11-7-8-12-22(21)17-23/h4-14,17,19,24-25,27-28,31H,3,15-16,18H2,1-2H3,(H,38,39)(H,40,41)(H,42,43)(H,33,35,36)/p-3/t24-,25?,27+,28?,31-/m1/s1. The van der Waals surface area contributed by atoms with Gasteiger partial charge in [0.25, 0.3) is 15.6 Å². The van der Waals surface area contributed by atoms with Gasteiger partial charge in [0, 0.05) is 13.0 Å². The number of ether oxygens (including phenoxy) is 3. The van der Waals surface area contributed by atoms with Gasteiger partial charge in [-0.15, -0.1) is 0 Å². The minimum Gasteiger partial charge on any atom is -0.756 e. The van der Waals surface area contributed by atoms with E-state index in [4.69, 9.17) is 23.3 Å². The number of nitrogens with zero attached hydrogens (tertiary/aromatic N) is 4. The lowest BCUT2D eigenvalue weighted by Gasteiger charge is -2.34. The first kappa shape index (κ1) is 39.0. The third kappa shape index (κ3) is 9.06. The fourth-order valence-electron chi connectivity index (χ4n) is 6.02. The highest BCUT2D eigenvalue weighted by molar-refractivity contribution is 7.98. The molecule has 0 amide bonds. The quantitative estimate of drug-likeness (QED) is 0.0828. The Labute approximate surface area is 312 Å². The fraction of sp³-hybridized carbons (Fsp3) is 0.344. The van der Waals surface area contributed by atoms with Crippen LogP contribution in [0.25, 0.3) is 21.9 Å². The van der Waals surface area contributed by atoms with Crippen molar-refractivity contribution >= 4 is 63.0 Å². The number of rotatable bonds is 16. The van der Waals surface area contributed by atoms with E-state index in [1.54, 1.807) is 28.8 Å². The normalized spacial score (nSPS) is 24.5. The van der Waals surface area contributed by atoms with Crippen LogP contribution in [0.4, 0.5) is 5.82 Å². The topological polar surface area (TPSA) is 241 Å². The summed E-state index contributed by atoms with van der Waals surface area (Å²) < 4.78 is 75.9. The summed E-state index contributed by atoms with van der Waals surface area (Å²) in [5, 5.41) is 5.05. The van der Waals surface area contributed by atoms with Gasteiger partial charge >= 0.3 is 7.82 Å². The van der Waals surface area contributed by atoms with Gasteiger partial charge in [-0.3, -0.25) is 18.3 Å². The van der Waals surface area contributed by atoms with Gasteiger partial charge in [0.2, 0.25) is 0 Å². The summed E-state index contributed by atoms with van der Waals surface area (Å²) in [5.41, 5.74) is 1.78. The lowest BCUT2D eigenvalue weighted by Crippen LogP contribution is -2.32. The molecule has 0 bridgehead atoms. The molecule has 288 valence electrons. The van der Waals surface area contributed by atoms with E-state index in [0.717, 1.165) is 17.4 Å². The molecule has 5 aromatic rings. The molecule has 8 atom stereocenters. The molecular formula is C32H33N5O13P3S-3. The third-order valence-corrected chi connectivity index (χ3v) is 12.9. The number of thioether (sulfide) groups is 1. The summed E-state index contributed by atoms with van der Waals surface area (Å²) in [5.74, 6) is 0.236. The van der Waals surface area contributed by atoms with E-state index >= 15 is 0 Å². The summed E-state index contributed by atoms with van der Waals surface area (Å²) in [7, 11) is -17.7. The molecule has 22 heteroatoms. The van der Waals surface area contributed by atoms with Crippen molar-refractivity contribution in [3.63, 3.8) is 0 Å². The van der Waals surface area contributed by atoms with Gasteiger partial charge in [-0.25, -0.2) is 23.6 Å². The summed E-state index contributed by atoms with van der Waals surface area (Å²) in [4.78, 5) is 51.5. The number of hydrogen-bond donors (Lipinski definition) is 1. The predicted molar refractivity (Wildman–Crippen MR) is 189 cm³/mol. The van der Waals surface area contributed by atoms with Crippen molar-refractivity contribution in [1.82, 2.24) is 19.5 Å². The molecule has 0 saturated carbocycles. The number of phosphoric acid groups is 3. The Morgan fingerprint density at radius 1 is 0.870 bits per heavy atom. The van der Waals surface area contributed by atoms with Crippen LogP contribution in [0.5, 0.6) is 5.75 Å². The SMILES string of the molecule is CCCNc1nc(SC)nc2c1ncn2[C@@H]1O[C@H](COP(=O)([O-])OP(=O)([O-])OP(=O)([O-])Oc2ccc3ccccc3c2)[C@@H]2OC(Cc3ccccc3)OC21. The maximum atomic E-state index is 12.8. The van der Waals surface area contributed by atoms with Gasteiger partial charge in [-0.2, -0.15) is 0 Å². The molecule has 2 aliphatic heterocycles. The first-order valence-corrected chi connectivity index (χ1v) is 22.1. The average molecular weight is 821 g/mol. The molecule has 7 rings (SSSR count). The van der Waals surface area contributed by atoms with Crippen LogP contribution in [0.3, 0.4) is 0 Å². The van der Waals surface area contributed by atoms with E-state index in [1.807, 2.05) is 43.5 Å². The average Bonchev–Trinajstić information content (AvgIpc) is 3.82. The van der Waals surface area contributed by atoms with E-state index < -0.39 is 60.9 Å². The van der Waals surface area contributed by atoms with Crippen LogP contribution >= 0.6 is 35.2 Å². The molecule has 2 saturated heterocycles. The molecule has 4 heterocycles. The van der Waals surface area contributed by atoms with Gasteiger partial charge in [-0.1, -0.05) is 79.3 Å². The van der Waals surface area contributed by atoms with Gasteiger partial charge in [0.1, 0.15) is 24.1 Å². The molecule has 54 heavy (non-hydrogen) atoms. The van der Waals surface area contributed by atoms with Crippen molar-refractivity contribution in [2.45, 2.75) is 55.8 Å². The zero-order valence-corrected chi connectivity index (χ0v) is 32.1. The number of nitrogens with one attached hydrogen (secondary N) is 1. The Morgan fingerprint density at radius 3 is 2.35 bits per heavy atom. The van der Waals surface area contributed by atoms with Crippen molar-refractivity contribution in [2.24, 2.45) is 0 Å². The monoisotopic (exact) mass is 820 g/mol. The lowest BCUT2D eigenvalue weighted by atomic mass is 10.1. The number of hydrogen-bond acceptors (Lipinski definition) is 18. The minimum atomic E-state index is -6.14. The van der Waals surface area contributed by atoms with Gasteiger partial charge < -0.3 is 43.3 Å². The van der Waals surface area contributed by atoms with E-state index in [-0.39, 0.29) is 5.75 Å². The Balaban J connectivity index is 1.07. The maximum Gasteiger partial charge on any atom is 0.326 e. The Bertz CT molecular complexity index is 2270. The van der Waals surface area contributed by atoms with Crippen molar-refractivity contribution in [1.29, 1.82) is 0 Å². The molecule has 0 spiro atoms. The van der Waals surface area contributed by atoms with Crippen LogP contribution in [0.1, 0.15) is 25.1 Å². The van der Waals surface area contributed by atoms with Crippen molar-refractivity contribution in [3.05, 3.63) is 84.7 Å². The molecule has 2 aromatic heterocycles. The highest BCUT2D eigenvalue weighted by Crippen LogP contribution is 2.63. The third-order valence-electron chi connectivity index (χ3n) is 8.28. The zero-order valence-electron chi connectivity index (χ0n) is 28.6. The molecule has 0 aliphatic carbocycles. The Kier molecular flexibility index (Phi) is 11.6. The van der Waals surface area contributed by atoms with E-state index in [1.165, 1.54) is 36.3 Å². The summed E-state index contributed by atoms with van der Waals surface area (Å²) in [6.45, 7) is 1.83. The largest absolute Gasteiger partial charge is 0.756 e. The zero-order chi connectivity index (χ0) is 38.1. The molecular weight excluding hydrogens is 787 g/mol. The second-order valence-corrected chi connectivity index (χ2v) is 17.3. The van der Waals surface area contributed by atoms with Crippen LogP contribution in [0.2, 0.25) is 0 Å². The number of anilines is 1. The molecule has 0 radical (unpaired) electrons. The van der Waals surface area contributed by atoms with Gasteiger partial charge in [-0.05, 0) is 41.1 Å².